The number of hydrogen-bond donors (Lipinski definition) is 2. The van der Waals surface area contributed by atoms with E-state index in [2.05, 4.69) is 5.32 Å². The van der Waals surface area contributed by atoms with Gasteiger partial charge >= 0.3 is 5.97 Å². The molecule has 0 saturated heterocycles. The van der Waals surface area contributed by atoms with E-state index in [1.807, 2.05) is 6.07 Å². The van der Waals surface area contributed by atoms with Crippen LogP contribution in [0.2, 0.25) is 5.22 Å². The summed E-state index contributed by atoms with van der Waals surface area (Å²) < 4.78 is 4.85. The van der Waals surface area contributed by atoms with Crippen molar-refractivity contribution in [1.29, 1.82) is 0 Å². The molecule has 0 aliphatic rings. The molecule has 2 N–H and O–H groups in total. The average molecular weight is 306 g/mol. The van der Waals surface area contributed by atoms with E-state index in [9.17, 15) is 9.59 Å². The summed E-state index contributed by atoms with van der Waals surface area (Å²) in [7, 11) is 0. The monoisotopic (exact) mass is 305 g/mol. The summed E-state index contributed by atoms with van der Waals surface area (Å²) in [6.07, 6.45) is 3.89. The standard InChI is InChI=1S/C15H12ClNO4/c16-14-12(6-7-21-14)15(20)17-9-11-3-1-2-10(8-11)4-5-13(18)19/h1-8H,9H2,(H,17,20)(H,18,19)/b5-4+. The second kappa shape index (κ2) is 6.76. The third-order valence-corrected chi connectivity index (χ3v) is 2.98. The quantitative estimate of drug-likeness (QED) is 0.832. The van der Waals surface area contributed by atoms with Crippen molar-refractivity contribution in [3.8, 4) is 0 Å². The van der Waals surface area contributed by atoms with Crippen LogP contribution in [0.5, 0.6) is 0 Å². The van der Waals surface area contributed by atoms with Gasteiger partial charge in [-0.25, -0.2) is 4.79 Å². The number of hydrogen-bond acceptors (Lipinski definition) is 3. The summed E-state index contributed by atoms with van der Waals surface area (Å²) in [5, 5.41) is 11.3. The lowest BCUT2D eigenvalue weighted by molar-refractivity contribution is -0.131. The maximum absolute atomic E-state index is 11.9. The Morgan fingerprint density at radius 1 is 1.33 bits per heavy atom. The molecule has 0 saturated carbocycles. The lowest BCUT2D eigenvalue weighted by Gasteiger charge is -2.05. The molecule has 1 heterocycles. The minimum absolute atomic E-state index is 0.0469. The molecule has 0 atom stereocenters. The van der Waals surface area contributed by atoms with E-state index in [0.29, 0.717) is 6.54 Å². The number of carbonyl (C=O) groups excluding carboxylic acids is 1. The third kappa shape index (κ3) is 4.22. The predicted molar refractivity (Wildman–Crippen MR) is 78.0 cm³/mol. The van der Waals surface area contributed by atoms with E-state index in [0.717, 1.165) is 17.2 Å². The maximum Gasteiger partial charge on any atom is 0.328 e. The first kappa shape index (κ1) is 14.9. The first-order valence-electron chi connectivity index (χ1n) is 6.07. The van der Waals surface area contributed by atoms with E-state index in [1.54, 1.807) is 18.2 Å². The van der Waals surface area contributed by atoms with Crippen molar-refractivity contribution in [2.75, 3.05) is 0 Å². The highest BCUT2D eigenvalue weighted by molar-refractivity contribution is 6.32. The number of nitrogens with one attached hydrogen (secondary N) is 1. The van der Waals surface area contributed by atoms with Crippen molar-refractivity contribution < 1.29 is 19.1 Å². The Morgan fingerprint density at radius 2 is 2.14 bits per heavy atom. The fourth-order valence-corrected chi connectivity index (χ4v) is 1.91. The van der Waals surface area contributed by atoms with Crippen molar-refractivity contribution in [2.24, 2.45) is 0 Å². The van der Waals surface area contributed by atoms with Crippen LogP contribution < -0.4 is 5.32 Å². The number of furan rings is 1. The van der Waals surface area contributed by atoms with Crippen molar-refractivity contribution >= 4 is 29.6 Å². The topological polar surface area (TPSA) is 79.5 Å². The van der Waals surface area contributed by atoms with Crippen LogP contribution in [0.25, 0.3) is 6.08 Å². The molecule has 0 spiro atoms. The van der Waals surface area contributed by atoms with Crippen molar-refractivity contribution in [2.45, 2.75) is 6.54 Å². The number of aliphatic carboxylic acids is 1. The molecule has 0 aliphatic carbocycles. The number of amides is 1. The Balaban J connectivity index is 2.00. The molecule has 0 aliphatic heterocycles. The molecule has 1 aromatic carbocycles. The first-order valence-corrected chi connectivity index (χ1v) is 6.45. The molecule has 1 amide bonds. The number of benzene rings is 1. The smallest absolute Gasteiger partial charge is 0.328 e. The van der Waals surface area contributed by atoms with Gasteiger partial charge in [0.25, 0.3) is 5.91 Å². The van der Waals surface area contributed by atoms with Crippen LogP contribution in [-0.4, -0.2) is 17.0 Å². The fraction of sp³-hybridized carbons (Fsp3) is 0.0667. The Hall–Kier alpha value is -2.53. The molecule has 6 heteroatoms. The molecular weight excluding hydrogens is 294 g/mol. The van der Waals surface area contributed by atoms with Gasteiger partial charge in [-0.3, -0.25) is 4.79 Å². The lowest BCUT2D eigenvalue weighted by Crippen LogP contribution is -2.22. The van der Waals surface area contributed by atoms with Gasteiger partial charge in [-0.05, 0) is 40.9 Å². The van der Waals surface area contributed by atoms with Gasteiger partial charge in [0.2, 0.25) is 5.22 Å². The molecule has 0 fully saturated rings. The number of rotatable bonds is 5. The Bertz CT molecular complexity index is 690. The molecule has 0 unspecified atom stereocenters. The Labute approximate surface area is 125 Å². The predicted octanol–water partition coefficient (Wildman–Crippen LogP) is 2.96. The van der Waals surface area contributed by atoms with Crippen LogP contribution in [-0.2, 0) is 11.3 Å². The molecule has 2 aromatic rings. The first-order chi connectivity index (χ1) is 10.1. The second-order valence-electron chi connectivity index (χ2n) is 4.21. The van der Waals surface area contributed by atoms with Crippen molar-refractivity contribution in [3.05, 3.63) is 64.6 Å². The van der Waals surface area contributed by atoms with Crippen molar-refractivity contribution in [3.63, 3.8) is 0 Å². The van der Waals surface area contributed by atoms with Gasteiger partial charge in [0.15, 0.2) is 0 Å². The summed E-state index contributed by atoms with van der Waals surface area (Å²) >= 11 is 5.72. The zero-order valence-corrected chi connectivity index (χ0v) is 11.6. The minimum Gasteiger partial charge on any atom is -0.478 e. The summed E-state index contributed by atoms with van der Waals surface area (Å²) in [6, 6.07) is 8.67. The maximum atomic E-state index is 11.9. The molecule has 21 heavy (non-hydrogen) atoms. The lowest BCUT2D eigenvalue weighted by atomic mass is 10.1. The highest BCUT2D eigenvalue weighted by atomic mass is 35.5. The van der Waals surface area contributed by atoms with E-state index >= 15 is 0 Å². The summed E-state index contributed by atoms with van der Waals surface area (Å²) in [4.78, 5) is 22.3. The summed E-state index contributed by atoms with van der Waals surface area (Å²) in [5.41, 5.74) is 1.86. The van der Waals surface area contributed by atoms with Crippen LogP contribution in [0.1, 0.15) is 21.5 Å². The van der Waals surface area contributed by atoms with Crippen LogP contribution >= 0.6 is 11.6 Å². The van der Waals surface area contributed by atoms with Gasteiger partial charge < -0.3 is 14.8 Å². The SMILES string of the molecule is O=C(O)/C=C/c1cccc(CNC(=O)c2ccoc2Cl)c1. The fourth-order valence-electron chi connectivity index (χ4n) is 1.71. The van der Waals surface area contributed by atoms with Gasteiger partial charge in [0.1, 0.15) is 0 Å². The number of carboxylic acid groups (broad SMARTS) is 1. The minimum atomic E-state index is -1.01. The normalized spacial score (nSPS) is 10.7. The zero-order valence-electron chi connectivity index (χ0n) is 10.9. The molecule has 108 valence electrons. The van der Waals surface area contributed by atoms with Gasteiger partial charge in [-0.1, -0.05) is 18.2 Å². The van der Waals surface area contributed by atoms with Gasteiger partial charge in [0.05, 0.1) is 11.8 Å². The summed E-state index contributed by atoms with van der Waals surface area (Å²) in [5.74, 6) is -1.34. The summed E-state index contributed by atoms with van der Waals surface area (Å²) in [6.45, 7) is 0.301. The molecule has 0 radical (unpaired) electrons. The number of carbonyl (C=O) groups is 2. The Kier molecular flexibility index (Phi) is 4.79. The molecule has 5 nitrogen and oxygen atoms in total. The second-order valence-corrected chi connectivity index (χ2v) is 4.55. The molecule has 0 bridgehead atoms. The van der Waals surface area contributed by atoms with Crippen LogP contribution in [0.3, 0.4) is 0 Å². The Morgan fingerprint density at radius 3 is 2.81 bits per heavy atom. The molecule has 1 aromatic heterocycles. The van der Waals surface area contributed by atoms with E-state index in [-0.39, 0.29) is 16.7 Å². The van der Waals surface area contributed by atoms with Gasteiger partial charge in [0, 0.05) is 12.6 Å². The van der Waals surface area contributed by atoms with Gasteiger partial charge in [-0.15, -0.1) is 0 Å². The average Bonchev–Trinajstić information content (AvgIpc) is 2.89. The molecule has 2 rings (SSSR count). The highest BCUT2D eigenvalue weighted by Gasteiger charge is 2.12. The molecular formula is C15H12ClNO4. The van der Waals surface area contributed by atoms with Gasteiger partial charge in [-0.2, -0.15) is 0 Å². The zero-order chi connectivity index (χ0) is 15.2. The van der Waals surface area contributed by atoms with Crippen LogP contribution in [0.15, 0.2) is 47.1 Å². The number of carboxylic acids is 1. The highest BCUT2D eigenvalue weighted by Crippen LogP contribution is 2.16. The van der Waals surface area contributed by atoms with Crippen LogP contribution in [0, 0.1) is 0 Å². The number of halogens is 1. The third-order valence-electron chi connectivity index (χ3n) is 2.69. The largest absolute Gasteiger partial charge is 0.478 e. The van der Waals surface area contributed by atoms with Crippen molar-refractivity contribution in [1.82, 2.24) is 5.32 Å². The van der Waals surface area contributed by atoms with E-state index in [1.165, 1.54) is 18.4 Å². The van der Waals surface area contributed by atoms with Crippen LogP contribution in [0.4, 0.5) is 0 Å². The van der Waals surface area contributed by atoms with E-state index < -0.39 is 5.97 Å². The van der Waals surface area contributed by atoms with E-state index in [4.69, 9.17) is 21.1 Å².